The van der Waals surface area contributed by atoms with Gasteiger partial charge in [0, 0.05) is 13.0 Å². The minimum absolute atomic E-state index is 0.191. The lowest BCUT2D eigenvalue weighted by molar-refractivity contribution is -0.122. The summed E-state index contributed by atoms with van der Waals surface area (Å²) in [6.45, 7) is 1.38. The molecule has 2 rings (SSSR count). The number of nitrogens with one attached hydrogen (secondary N) is 3. The molecule has 1 atom stereocenters. The lowest BCUT2D eigenvalue weighted by Crippen LogP contribution is -2.48. The van der Waals surface area contributed by atoms with Gasteiger partial charge in [-0.2, -0.15) is 0 Å². The molecule has 3 N–H and O–H groups in total. The number of rotatable bonds is 9. The predicted molar refractivity (Wildman–Crippen MR) is 91.7 cm³/mol. The zero-order valence-corrected chi connectivity index (χ0v) is 13.7. The Morgan fingerprint density at radius 2 is 1.88 bits per heavy atom. The van der Waals surface area contributed by atoms with Crippen molar-refractivity contribution in [1.82, 2.24) is 16.0 Å². The number of carbonyl (C=O) groups excluding carboxylic acids is 2. The van der Waals surface area contributed by atoms with Crippen LogP contribution in [0, 0.1) is 0 Å². The first-order valence-electron chi connectivity index (χ1n) is 8.01. The Balaban J connectivity index is 2.00. The zero-order valence-electron chi connectivity index (χ0n) is 13.7. The van der Waals surface area contributed by atoms with E-state index < -0.39 is 11.9 Å². The third kappa shape index (κ3) is 5.55. The minimum atomic E-state index is -0.653. The highest BCUT2D eigenvalue weighted by molar-refractivity contribution is 5.95. The molecule has 128 valence electrons. The van der Waals surface area contributed by atoms with E-state index in [1.165, 1.54) is 6.26 Å². The first kappa shape index (κ1) is 17.7. The molecule has 0 aliphatic carbocycles. The second-order valence-corrected chi connectivity index (χ2v) is 5.44. The Bertz CT molecular complexity index is 626. The molecule has 0 aliphatic heterocycles. The van der Waals surface area contributed by atoms with Crippen molar-refractivity contribution in [1.29, 1.82) is 0 Å². The van der Waals surface area contributed by atoms with E-state index in [0.29, 0.717) is 13.0 Å². The summed E-state index contributed by atoms with van der Waals surface area (Å²) in [4.78, 5) is 24.6. The number of carbonyl (C=O) groups is 2. The molecule has 0 fully saturated rings. The van der Waals surface area contributed by atoms with E-state index in [4.69, 9.17) is 4.42 Å². The van der Waals surface area contributed by atoms with Crippen LogP contribution in [0.2, 0.25) is 0 Å². The summed E-state index contributed by atoms with van der Waals surface area (Å²) < 4.78 is 5.09. The van der Waals surface area contributed by atoms with Crippen molar-refractivity contribution in [3.05, 3.63) is 60.1 Å². The van der Waals surface area contributed by atoms with Crippen LogP contribution >= 0.6 is 0 Å². The summed E-state index contributed by atoms with van der Waals surface area (Å²) in [5.41, 5.74) is 0.979. The van der Waals surface area contributed by atoms with E-state index >= 15 is 0 Å². The molecule has 1 unspecified atom stereocenters. The maximum atomic E-state index is 12.4. The van der Waals surface area contributed by atoms with Crippen LogP contribution in [0.5, 0.6) is 0 Å². The van der Waals surface area contributed by atoms with Crippen molar-refractivity contribution in [3.8, 4) is 0 Å². The Morgan fingerprint density at radius 3 is 2.54 bits per heavy atom. The molecule has 6 heteroatoms. The first-order valence-corrected chi connectivity index (χ1v) is 8.01. The van der Waals surface area contributed by atoms with Gasteiger partial charge in [-0.3, -0.25) is 9.59 Å². The van der Waals surface area contributed by atoms with Crippen molar-refractivity contribution < 1.29 is 14.0 Å². The van der Waals surface area contributed by atoms with Crippen LogP contribution in [0.15, 0.2) is 53.1 Å². The fourth-order valence-corrected chi connectivity index (χ4v) is 2.30. The maximum absolute atomic E-state index is 12.4. The molecule has 0 bridgehead atoms. The minimum Gasteiger partial charge on any atom is -0.459 e. The molecule has 2 aromatic rings. The highest BCUT2D eigenvalue weighted by atomic mass is 16.3. The van der Waals surface area contributed by atoms with Crippen molar-refractivity contribution in [2.75, 3.05) is 20.1 Å². The topological polar surface area (TPSA) is 83.4 Å². The number of furan rings is 1. The SMILES string of the molecule is CNCCCNC(=O)C(Cc1ccccc1)NC(=O)c1ccco1. The van der Waals surface area contributed by atoms with E-state index in [9.17, 15) is 9.59 Å². The summed E-state index contributed by atoms with van der Waals surface area (Å²) in [6.07, 6.45) is 2.68. The van der Waals surface area contributed by atoms with Crippen LogP contribution in [0.4, 0.5) is 0 Å². The van der Waals surface area contributed by atoms with Gasteiger partial charge in [0.2, 0.25) is 5.91 Å². The van der Waals surface area contributed by atoms with Crippen molar-refractivity contribution in [2.24, 2.45) is 0 Å². The highest BCUT2D eigenvalue weighted by Gasteiger charge is 2.22. The van der Waals surface area contributed by atoms with E-state index in [2.05, 4.69) is 16.0 Å². The third-order valence-electron chi connectivity index (χ3n) is 3.55. The molecule has 1 aromatic heterocycles. The largest absolute Gasteiger partial charge is 0.459 e. The monoisotopic (exact) mass is 329 g/mol. The van der Waals surface area contributed by atoms with Gasteiger partial charge in [0.05, 0.1) is 6.26 Å². The molecule has 0 spiro atoms. The van der Waals surface area contributed by atoms with Gasteiger partial charge in [-0.05, 0) is 37.7 Å². The normalized spacial score (nSPS) is 11.7. The van der Waals surface area contributed by atoms with Crippen LogP contribution in [-0.2, 0) is 11.2 Å². The van der Waals surface area contributed by atoms with E-state index in [-0.39, 0.29) is 11.7 Å². The van der Waals surface area contributed by atoms with Crippen LogP contribution < -0.4 is 16.0 Å². The van der Waals surface area contributed by atoms with Gasteiger partial charge in [0.1, 0.15) is 6.04 Å². The van der Waals surface area contributed by atoms with E-state index in [1.807, 2.05) is 37.4 Å². The fourth-order valence-electron chi connectivity index (χ4n) is 2.30. The van der Waals surface area contributed by atoms with Gasteiger partial charge in [-0.15, -0.1) is 0 Å². The van der Waals surface area contributed by atoms with Gasteiger partial charge in [-0.1, -0.05) is 30.3 Å². The van der Waals surface area contributed by atoms with Gasteiger partial charge in [-0.25, -0.2) is 0 Å². The molecule has 2 amide bonds. The molecule has 0 aliphatic rings. The smallest absolute Gasteiger partial charge is 0.287 e. The standard InChI is InChI=1S/C18H23N3O3/c1-19-10-6-11-20-17(22)15(13-14-7-3-2-4-8-14)21-18(23)16-9-5-12-24-16/h2-5,7-9,12,15,19H,6,10-11,13H2,1H3,(H,20,22)(H,21,23). The molecule has 24 heavy (non-hydrogen) atoms. The summed E-state index contributed by atoms with van der Waals surface area (Å²) in [6, 6.07) is 12.1. The Morgan fingerprint density at radius 1 is 1.08 bits per heavy atom. The maximum Gasteiger partial charge on any atom is 0.287 e. The number of hydrogen-bond donors (Lipinski definition) is 3. The molecule has 0 radical (unpaired) electrons. The van der Waals surface area contributed by atoms with Crippen LogP contribution in [0.25, 0.3) is 0 Å². The lowest BCUT2D eigenvalue weighted by atomic mass is 10.0. The Hall–Kier alpha value is -2.60. The quantitative estimate of drug-likeness (QED) is 0.606. The second-order valence-electron chi connectivity index (χ2n) is 5.44. The van der Waals surface area contributed by atoms with Crippen LogP contribution in [0.3, 0.4) is 0 Å². The Labute approximate surface area is 141 Å². The molecule has 1 heterocycles. The van der Waals surface area contributed by atoms with E-state index in [1.54, 1.807) is 12.1 Å². The molecule has 6 nitrogen and oxygen atoms in total. The van der Waals surface area contributed by atoms with Crippen molar-refractivity contribution >= 4 is 11.8 Å². The van der Waals surface area contributed by atoms with Crippen LogP contribution in [-0.4, -0.2) is 38.0 Å². The van der Waals surface area contributed by atoms with Crippen molar-refractivity contribution in [3.63, 3.8) is 0 Å². The van der Waals surface area contributed by atoms with Gasteiger partial charge >= 0.3 is 0 Å². The molecule has 0 saturated heterocycles. The highest BCUT2D eigenvalue weighted by Crippen LogP contribution is 2.06. The summed E-state index contributed by atoms with van der Waals surface area (Å²) in [7, 11) is 1.86. The molecular formula is C18H23N3O3. The van der Waals surface area contributed by atoms with Gasteiger partial charge in [0.15, 0.2) is 5.76 Å². The molecular weight excluding hydrogens is 306 g/mol. The average Bonchev–Trinajstić information content (AvgIpc) is 3.13. The van der Waals surface area contributed by atoms with E-state index in [0.717, 1.165) is 18.5 Å². The lowest BCUT2D eigenvalue weighted by Gasteiger charge is -2.18. The molecule has 1 aromatic carbocycles. The fraction of sp³-hybridized carbons (Fsp3) is 0.333. The predicted octanol–water partition coefficient (Wildman–Crippen LogP) is 1.35. The second kappa shape index (κ2) is 9.52. The number of benzene rings is 1. The molecule has 0 saturated carbocycles. The number of hydrogen-bond acceptors (Lipinski definition) is 4. The van der Waals surface area contributed by atoms with Gasteiger partial charge < -0.3 is 20.4 Å². The summed E-state index contributed by atoms with van der Waals surface area (Å²) in [5.74, 6) is -0.405. The third-order valence-corrected chi connectivity index (χ3v) is 3.55. The summed E-state index contributed by atoms with van der Waals surface area (Å²) in [5, 5.41) is 8.64. The zero-order chi connectivity index (χ0) is 17.2. The number of amides is 2. The van der Waals surface area contributed by atoms with Crippen LogP contribution in [0.1, 0.15) is 22.5 Å². The Kier molecular flexibility index (Phi) is 7.04. The van der Waals surface area contributed by atoms with Gasteiger partial charge in [0.25, 0.3) is 5.91 Å². The summed E-state index contributed by atoms with van der Waals surface area (Å²) >= 11 is 0. The average molecular weight is 329 g/mol. The first-order chi connectivity index (χ1) is 11.7. The van der Waals surface area contributed by atoms with Crippen molar-refractivity contribution in [2.45, 2.75) is 18.9 Å².